The monoisotopic (exact) mass is 557 g/mol. The van der Waals surface area contributed by atoms with Crippen LogP contribution in [0.25, 0.3) is 6.08 Å². The highest BCUT2D eigenvalue weighted by Crippen LogP contribution is 2.67. The van der Waals surface area contributed by atoms with Crippen LogP contribution in [-0.4, -0.2) is 90.5 Å². The molecule has 2 aromatic rings. The molecule has 0 unspecified atom stereocenters. The number of hydrogen-bond donors (Lipinski definition) is 1. The molecule has 1 N–H and O–H groups in total. The van der Waals surface area contributed by atoms with Gasteiger partial charge in [0.25, 0.3) is 0 Å². The Hall–Kier alpha value is -3.24. The van der Waals surface area contributed by atoms with Gasteiger partial charge in [-0.15, -0.1) is 13.2 Å². The maximum atomic E-state index is 13.5. The van der Waals surface area contributed by atoms with Gasteiger partial charge in [-0.3, -0.25) is 4.79 Å². The summed E-state index contributed by atoms with van der Waals surface area (Å²) in [7, 11) is 8.19. The van der Waals surface area contributed by atoms with E-state index in [1.54, 1.807) is 24.1 Å². The molecule has 214 valence electrons. The van der Waals surface area contributed by atoms with E-state index in [4.69, 9.17) is 4.74 Å². The smallest absolute Gasteiger partial charge is 0.504 e. The Bertz CT molecular complexity index is 1380. The molecule has 2 heterocycles. The Morgan fingerprint density at radius 1 is 1.20 bits per heavy atom. The molecule has 1 saturated heterocycles. The zero-order chi connectivity index (χ0) is 28.6. The van der Waals surface area contributed by atoms with Crippen LogP contribution in [0.2, 0.25) is 0 Å². The molecule has 1 spiro atoms. The second kappa shape index (κ2) is 9.14. The first-order valence-corrected chi connectivity index (χ1v) is 13.6. The van der Waals surface area contributed by atoms with Gasteiger partial charge in [-0.05, 0) is 88.8 Å². The third-order valence-electron chi connectivity index (χ3n) is 9.85. The molecule has 0 aromatic heterocycles. The van der Waals surface area contributed by atoms with Crippen LogP contribution in [0, 0.1) is 0 Å². The minimum atomic E-state index is -4.79. The lowest BCUT2D eigenvalue weighted by Crippen LogP contribution is -2.81. The van der Waals surface area contributed by atoms with E-state index in [0.717, 1.165) is 31.4 Å². The van der Waals surface area contributed by atoms with Gasteiger partial charge in [0.2, 0.25) is 5.91 Å². The van der Waals surface area contributed by atoms with Crippen LogP contribution in [0.3, 0.4) is 0 Å². The Morgan fingerprint density at radius 3 is 2.70 bits per heavy atom. The number of hydrogen-bond acceptors (Lipinski definition) is 6. The van der Waals surface area contributed by atoms with Gasteiger partial charge >= 0.3 is 6.36 Å². The fourth-order valence-electron chi connectivity index (χ4n) is 8.31. The van der Waals surface area contributed by atoms with Crippen molar-refractivity contribution in [1.82, 2.24) is 14.7 Å². The number of benzene rings is 2. The number of ether oxygens (including phenoxy) is 2. The molecule has 10 heteroatoms. The van der Waals surface area contributed by atoms with Gasteiger partial charge in [0, 0.05) is 30.3 Å². The summed E-state index contributed by atoms with van der Waals surface area (Å²) in [6.45, 7) is 0.884. The molecule has 6 rings (SSSR count). The zero-order valence-corrected chi connectivity index (χ0v) is 23.0. The molecule has 1 amide bonds. The SMILES string of the molecule is CN1CC[C@]23c4c5ccc(O)c4O[C@H]2[C@@H](N(C)C(=O)C=Cc2cccc(OC(F)(F)F)c2)CC[C@@]3(N(C)C)[C@H]1C5. The van der Waals surface area contributed by atoms with Gasteiger partial charge in [0.1, 0.15) is 11.9 Å². The molecule has 7 nitrogen and oxygen atoms in total. The number of likely N-dealkylation sites (tertiary alicyclic amines) is 1. The van der Waals surface area contributed by atoms with E-state index in [1.807, 2.05) is 6.07 Å². The number of amides is 1. The number of carbonyl (C=O) groups is 1. The first-order valence-electron chi connectivity index (χ1n) is 13.6. The van der Waals surface area contributed by atoms with Crippen molar-refractivity contribution in [3.8, 4) is 17.2 Å². The zero-order valence-electron chi connectivity index (χ0n) is 23.0. The summed E-state index contributed by atoms with van der Waals surface area (Å²) in [5.74, 6) is 0.0523. The van der Waals surface area contributed by atoms with Crippen molar-refractivity contribution in [3.05, 3.63) is 59.2 Å². The van der Waals surface area contributed by atoms with E-state index in [0.29, 0.717) is 17.7 Å². The molecule has 0 radical (unpaired) electrons. The lowest BCUT2D eigenvalue weighted by Gasteiger charge is -2.68. The molecular weight excluding hydrogens is 523 g/mol. The average Bonchev–Trinajstić information content (AvgIpc) is 3.25. The van der Waals surface area contributed by atoms with Crippen molar-refractivity contribution < 1.29 is 32.5 Å². The molecular formula is C30H34F3N3O4. The van der Waals surface area contributed by atoms with Crippen LogP contribution in [0.4, 0.5) is 13.2 Å². The average molecular weight is 558 g/mol. The maximum absolute atomic E-state index is 13.5. The highest BCUT2D eigenvalue weighted by atomic mass is 19.4. The summed E-state index contributed by atoms with van der Waals surface area (Å²) in [5, 5.41) is 10.9. The molecule has 2 aliphatic heterocycles. The van der Waals surface area contributed by atoms with Crippen molar-refractivity contribution in [2.24, 2.45) is 0 Å². The van der Waals surface area contributed by atoms with Crippen LogP contribution in [-0.2, 0) is 16.6 Å². The van der Waals surface area contributed by atoms with Gasteiger partial charge in [-0.1, -0.05) is 18.2 Å². The standard InChI is InChI=1S/C30H34F3N3O4/c1-34(2)29-13-12-21(36(4)24(38)11-8-18-6-5-7-20(16-18)40-30(31,32)33)27-28(29)14-15-35(3)23(29)17-19-9-10-22(37)26(39-27)25(19)28/h5-11,16,21,23,27,37H,12-15,17H2,1-4H3/t21-,23+,27-,28-,29+/m0/s1. The van der Waals surface area contributed by atoms with Crippen LogP contribution in [0.15, 0.2) is 42.5 Å². The van der Waals surface area contributed by atoms with E-state index >= 15 is 0 Å². The number of piperidine rings is 1. The molecule has 40 heavy (non-hydrogen) atoms. The Labute approximate surface area is 231 Å². The molecule has 2 fully saturated rings. The predicted octanol–water partition coefficient (Wildman–Crippen LogP) is 4.18. The minimum absolute atomic E-state index is 0.126. The van der Waals surface area contributed by atoms with Gasteiger partial charge in [-0.25, -0.2) is 0 Å². The topological polar surface area (TPSA) is 65.5 Å². The van der Waals surface area contributed by atoms with E-state index < -0.39 is 11.8 Å². The Balaban J connectivity index is 1.34. The summed E-state index contributed by atoms with van der Waals surface area (Å²) in [6.07, 6.45) is 1.000. The first-order chi connectivity index (χ1) is 18.9. The third-order valence-corrected chi connectivity index (χ3v) is 9.85. The fraction of sp³-hybridized carbons (Fsp3) is 0.500. The summed E-state index contributed by atoms with van der Waals surface area (Å²) >= 11 is 0. The highest BCUT2D eigenvalue weighted by molar-refractivity contribution is 5.92. The highest BCUT2D eigenvalue weighted by Gasteiger charge is 2.74. The summed E-state index contributed by atoms with van der Waals surface area (Å²) in [6, 6.07) is 9.25. The van der Waals surface area contributed by atoms with E-state index in [9.17, 15) is 23.1 Å². The second-order valence-corrected chi connectivity index (χ2v) is 11.7. The summed E-state index contributed by atoms with van der Waals surface area (Å²) < 4.78 is 48.6. The van der Waals surface area contributed by atoms with Crippen molar-refractivity contribution >= 4 is 12.0 Å². The molecule has 4 aliphatic rings. The third kappa shape index (κ3) is 3.75. The molecule has 1 saturated carbocycles. The van der Waals surface area contributed by atoms with E-state index in [-0.39, 0.29) is 41.1 Å². The van der Waals surface area contributed by atoms with Gasteiger partial charge in [0.15, 0.2) is 11.5 Å². The van der Waals surface area contributed by atoms with Crippen molar-refractivity contribution in [3.63, 3.8) is 0 Å². The number of alkyl halides is 3. The van der Waals surface area contributed by atoms with Crippen molar-refractivity contribution in [2.45, 2.75) is 61.2 Å². The van der Waals surface area contributed by atoms with Crippen molar-refractivity contribution in [1.29, 1.82) is 0 Å². The van der Waals surface area contributed by atoms with Gasteiger partial charge in [0.05, 0.1) is 11.5 Å². The molecule has 2 aliphatic carbocycles. The van der Waals surface area contributed by atoms with Crippen LogP contribution < -0.4 is 9.47 Å². The summed E-state index contributed by atoms with van der Waals surface area (Å²) in [5.41, 5.74) is 2.07. The summed E-state index contributed by atoms with van der Waals surface area (Å²) in [4.78, 5) is 19.9. The maximum Gasteiger partial charge on any atom is 0.573 e. The number of carbonyl (C=O) groups excluding carboxylic acids is 1. The fourth-order valence-corrected chi connectivity index (χ4v) is 8.31. The Morgan fingerprint density at radius 2 is 1.98 bits per heavy atom. The van der Waals surface area contributed by atoms with Crippen molar-refractivity contribution in [2.75, 3.05) is 34.7 Å². The first kappa shape index (κ1) is 27.0. The van der Waals surface area contributed by atoms with Crippen LogP contribution >= 0.6 is 0 Å². The predicted molar refractivity (Wildman–Crippen MR) is 143 cm³/mol. The molecule has 2 bridgehead atoms. The van der Waals surface area contributed by atoms with Crippen LogP contribution in [0.5, 0.6) is 17.2 Å². The van der Waals surface area contributed by atoms with E-state index in [1.165, 1.54) is 35.9 Å². The lowest BCUT2D eigenvalue weighted by atomic mass is 9.46. The number of nitrogens with zero attached hydrogens (tertiary/aromatic N) is 3. The normalized spacial score (nSPS) is 30.8. The Kier molecular flexibility index (Phi) is 6.16. The van der Waals surface area contributed by atoms with E-state index in [2.05, 4.69) is 35.7 Å². The largest absolute Gasteiger partial charge is 0.573 e. The van der Waals surface area contributed by atoms with Gasteiger partial charge < -0.3 is 29.3 Å². The van der Waals surface area contributed by atoms with Gasteiger partial charge in [-0.2, -0.15) is 0 Å². The number of aromatic hydroxyl groups is 1. The lowest BCUT2D eigenvalue weighted by molar-refractivity contribution is -0.274. The molecule has 5 atom stereocenters. The number of phenolic OH excluding ortho intramolecular Hbond substituents is 1. The number of rotatable bonds is 5. The number of halogens is 3. The second-order valence-electron chi connectivity index (χ2n) is 11.7. The minimum Gasteiger partial charge on any atom is -0.504 e. The van der Waals surface area contributed by atoms with Crippen LogP contribution in [0.1, 0.15) is 36.0 Å². The molecule has 2 aromatic carbocycles. The number of phenols is 1. The number of likely N-dealkylation sites (N-methyl/N-ethyl adjacent to an activating group) is 3. The quantitative estimate of drug-likeness (QED) is 0.557.